The summed E-state index contributed by atoms with van der Waals surface area (Å²) in [4.78, 5) is 15.7. The number of allylic oxidation sites excluding steroid dienone is 8. The number of ether oxygens (including phenoxy) is 1. The van der Waals surface area contributed by atoms with Crippen LogP contribution >= 0.6 is 0 Å². The SMILES string of the molecule is C=C/C=C(\C(=C)C(=C)/C=C\C(=C)Cn1c(CCCC)nc(F)c1COC(=O)CC)c1nnn[n-]1.CC.[K+]. The average Bonchev–Trinajstić information content (AvgIpc) is 3.52. The van der Waals surface area contributed by atoms with Crippen LogP contribution in [0.3, 0.4) is 0 Å². The fourth-order valence-electron chi connectivity index (χ4n) is 3.03. The number of unbranched alkanes of at least 4 members (excludes halogenated alkanes) is 1. The van der Waals surface area contributed by atoms with Crippen LogP contribution in [-0.4, -0.2) is 31.0 Å². The molecule has 0 unspecified atom stereocenters. The minimum atomic E-state index is -0.638. The summed E-state index contributed by atoms with van der Waals surface area (Å²) in [5, 5.41) is 14.7. The van der Waals surface area contributed by atoms with Crippen LogP contribution in [0, 0.1) is 5.95 Å². The number of nitrogens with zero attached hydrogens (tertiary/aromatic N) is 6. The normalized spacial score (nSPS) is 10.8. The van der Waals surface area contributed by atoms with Gasteiger partial charge in [-0.2, -0.15) is 9.60 Å². The van der Waals surface area contributed by atoms with Crippen LogP contribution in [0.2, 0.25) is 0 Å². The van der Waals surface area contributed by atoms with Gasteiger partial charge in [0.15, 0.2) is 0 Å². The van der Waals surface area contributed by atoms with Gasteiger partial charge in [-0.15, -0.1) is 0 Å². The molecule has 0 aliphatic carbocycles. The van der Waals surface area contributed by atoms with Gasteiger partial charge in [0.1, 0.15) is 18.1 Å². The first kappa shape index (κ1) is 34.8. The third-order valence-electron chi connectivity index (χ3n) is 4.95. The van der Waals surface area contributed by atoms with Crippen LogP contribution in [0.5, 0.6) is 0 Å². The zero-order valence-electron chi connectivity index (χ0n) is 22.8. The molecule has 2 heterocycles. The van der Waals surface area contributed by atoms with Gasteiger partial charge in [-0.25, -0.2) is 4.98 Å². The number of rotatable bonds is 14. The van der Waals surface area contributed by atoms with Crippen molar-refractivity contribution < 1.29 is 65.3 Å². The Labute approximate surface area is 262 Å². The zero-order valence-corrected chi connectivity index (χ0v) is 25.9. The van der Waals surface area contributed by atoms with Gasteiger partial charge in [0.05, 0.1) is 0 Å². The minimum absolute atomic E-state index is 0. The largest absolute Gasteiger partial charge is 1.00 e. The van der Waals surface area contributed by atoms with Crippen molar-refractivity contribution in [1.82, 2.24) is 30.2 Å². The third-order valence-corrected chi connectivity index (χ3v) is 4.95. The van der Waals surface area contributed by atoms with Crippen LogP contribution in [0.1, 0.15) is 64.3 Å². The molecule has 2 rings (SSSR count). The van der Waals surface area contributed by atoms with Crippen molar-refractivity contribution >= 4 is 11.5 Å². The number of aryl methyl sites for hydroxylation is 1. The maximum atomic E-state index is 14.6. The van der Waals surface area contributed by atoms with E-state index in [2.05, 4.69) is 58.8 Å². The van der Waals surface area contributed by atoms with E-state index in [1.807, 2.05) is 13.8 Å². The van der Waals surface area contributed by atoms with Crippen LogP contribution in [0.25, 0.3) is 5.57 Å². The molecule has 0 amide bonds. The first-order chi connectivity index (χ1) is 17.3. The number of tetrazole rings is 1. The molecule has 37 heavy (non-hydrogen) atoms. The Bertz CT molecular complexity index is 1120. The van der Waals surface area contributed by atoms with Gasteiger partial charge in [-0.3, -0.25) is 15.1 Å². The molecule has 0 aliphatic rings. The number of esters is 1. The monoisotopic (exact) mass is 534 g/mol. The van der Waals surface area contributed by atoms with Crippen molar-refractivity contribution in [3.8, 4) is 0 Å². The Balaban J connectivity index is 0.00000421. The second-order valence-electron chi connectivity index (χ2n) is 7.48. The summed E-state index contributed by atoms with van der Waals surface area (Å²) in [7, 11) is 0. The van der Waals surface area contributed by atoms with E-state index in [1.54, 1.807) is 35.8 Å². The first-order valence-corrected chi connectivity index (χ1v) is 12.0. The van der Waals surface area contributed by atoms with Crippen molar-refractivity contribution in [3.63, 3.8) is 0 Å². The number of hydrogen-bond acceptors (Lipinski definition) is 6. The summed E-state index contributed by atoms with van der Waals surface area (Å²) in [5.74, 6) is -0.137. The number of imidazole rings is 1. The summed E-state index contributed by atoms with van der Waals surface area (Å²) in [6, 6.07) is 0. The molecule has 8 nitrogen and oxygen atoms in total. The summed E-state index contributed by atoms with van der Waals surface area (Å²) >= 11 is 0. The van der Waals surface area contributed by atoms with Crippen molar-refractivity contribution in [2.45, 2.75) is 66.5 Å². The van der Waals surface area contributed by atoms with Crippen LogP contribution in [0.15, 0.2) is 67.3 Å². The second kappa shape index (κ2) is 18.9. The van der Waals surface area contributed by atoms with Gasteiger partial charge < -0.3 is 14.4 Å². The molecule has 10 heteroatoms. The number of carbonyl (C=O) groups excluding carboxylic acids is 1. The number of halogens is 1. The first-order valence-electron chi connectivity index (χ1n) is 12.0. The van der Waals surface area contributed by atoms with Crippen molar-refractivity contribution in [2.75, 3.05) is 0 Å². The molecule has 2 aromatic rings. The fourth-order valence-corrected chi connectivity index (χ4v) is 3.03. The average molecular weight is 535 g/mol. The standard InChI is InChI=1S/C25H30FN6O2.C2H6.K/c1-7-10-12-22-27-24(26)21(16-34-23(33)9-3)32(22)15-17(4)13-14-18(5)19(6)20(11-8-2)25-28-30-31-29-25;1-2;/h8,11,13-14H,2,4-7,9-10,12,15-16H2,1,3H3;1-2H3;/q-1;;+1/b14-13-,20-11+;;. The van der Waals surface area contributed by atoms with Crippen molar-refractivity contribution in [2.24, 2.45) is 0 Å². The topological polar surface area (TPSA) is 96.9 Å². The van der Waals surface area contributed by atoms with Gasteiger partial charge in [-0.05, 0) is 28.7 Å². The summed E-state index contributed by atoms with van der Waals surface area (Å²) in [6.45, 7) is 23.7. The summed E-state index contributed by atoms with van der Waals surface area (Å²) in [6.07, 6.45) is 9.42. The van der Waals surface area contributed by atoms with Crippen LogP contribution in [0.4, 0.5) is 4.39 Å². The molecular weight excluding hydrogens is 498 g/mol. The van der Waals surface area contributed by atoms with Gasteiger partial charge >= 0.3 is 57.4 Å². The van der Waals surface area contributed by atoms with Gasteiger partial charge in [0.25, 0.3) is 0 Å². The molecule has 0 aromatic carbocycles. The minimum Gasteiger partial charge on any atom is -0.459 e. The van der Waals surface area contributed by atoms with Crippen molar-refractivity contribution in [1.29, 1.82) is 0 Å². The molecule has 194 valence electrons. The Hall–Kier alpha value is -2.24. The fraction of sp³-hybridized carbons (Fsp3) is 0.370. The molecule has 2 aromatic heterocycles. The Morgan fingerprint density at radius 1 is 1.19 bits per heavy atom. The maximum absolute atomic E-state index is 14.6. The second-order valence-corrected chi connectivity index (χ2v) is 7.48. The summed E-state index contributed by atoms with van der Waals surface area (Å²) < 4.78 is 21.5. The maximum Gasteiger partial charge on any atom is 1.00 e. The van der Waals surface area contributed by atoms with Gasteiger partial charge in [-0.1, -0.05) is 84.7 Å². The molecule has 0 bridgehead atoms. The van der Waals surface area contributed by atoms with E-state index in [4.69, 9.17) is 4.74 Å². The van der Waals surface area contributed by atoms with Gasteiger partial charge in [0, 0.05) is 25.2 Å². The predicted molar refractivity (Wildman–Crippen MR) is 140 cm³/mol. The molecule has 0 spiro atoms. The summed E-state index contributed by atoms with van der Waals surface area (Å²) in [5.41, 5.74) is 2.66. The molecular formula is C27H36FKN6O2. The van der Waals surface area contributed by atoms with E-state index < -0.39 is 11.9 Å². The van der Waals surface area contributed by atoms with E-state index in [-0.39, 0.29) is 76.7 Å². The van der Waals surface area contributed by atoms with E-state index >= 15 is 0 Å². The molecule has 0 fully saturated rings. The van der Waals surface area contributed by atoms with E-state index in [0.29, 0.717) is 40.4 Å². The van der Waals surface area contributed by atoms with Crippen LogP contribution in [-0.2, 0) is 29.1 Å². The smallest absolute Gasteiger partial charge is 0.459 e. The Morgan fingerprint density at radius 3 is 2.46 bits per heavy atom. The molecule has 0 saturated heterocycles. The zero-order chi connectivity index (χ0) is 27.1. The Kier molecular flexibility index (Phi) is 17.8. The number of aromatic nitrogens is 6. The van der Waals surface area contributed by atoms with Crippen LogP contribution < -0.4 is 56.5 Å². The molecule has 0 atom stereocenters. The van der Waals surface area contributed by atoms with E-state index in [0.717, 1.165) is 12.8 Å². The van der Waals surface area contributed by atoms with Crippen molar-refractivity contribution in [3.05, 3.63) is 90.6 Å². The quantitative estimate of drug-likeness (QED) is 0.209. The Morgan fingerprint density at radius 2 is 1.89 bits per heavy atom. The molecule has 0 saturated carbocycles. The number of carbonyl (C=O) groups is 1. The van der Waals surface area contributed by atoms with Gasteiger partial charge in [0.2, 0.25) is 5.95 Å². The molecule has 0 N–H and O–H groups in total. The van der Waals surface area contributed by atoms with E-state index in [1.165, 1.54) is 0 Å². The van der Waals surface area contributed by atoms with E-state index in [9.17, 15) is 9.18 Å². The molecule has 0 radical (unpaired) electrons. The molecule has 0 aliphatic heterocycles. The number of hydrogen-bond donors (Lipinski definition) is 0. The third kappa shape index (κ3) is 11.0. The predicted octanol–water partition coefficient (Wildman–Crippen LogP) is 2.48.